The first-order chi connectivity index (χ1) is 9.83. The monoisotopic (exact) mass is 286 g/mol. The molecule has 0 aliphatic heterocycles. The second-order valence-corrected chi connectivity index (χ2v) is 5.46. The molecule has 3 rings (SSSR count). The minimum Gasteiger partial charge on any atom is -0.467 e. The fourth-order valence-corrected chi connectivity index (χ4v) is 2.91. The SMILES string of the molecule is S=C(NCc1ccco1)N[C@H]1CCCc2ccccc21. The molecule has 104 valence electrons. The second kappa shape index (κ2) is 6.09. The van der Waals surface area contributed by atoms with Crippen LogP contribution in [-0.2, 0) is 13.0 Å². The van der Waals surface area contributed by atoms with Crippen LogP contribution in [0.3, 0.4) is 0 Å². The van der Waals surface area contributed by atoms with Gasteiger partial charge in [0.15, 0.2) is 5.11 Å². The van der Waals surface area contributed by atoms with E-state index in [-0.39, 0.29) is 0 Å². The summed E-state index contributed by atoms with van der Waals surface area (Å²) in [5.74, 6) is 0.887. The summed E-state index contributed by atoms with van der Waals surface area (Å²) in [7, 11) is 0. The van der Waals surface area contributed by atoms with Gasteiger partial charge in [-0.25, -0.2) is 0 Å². The van der Waals surface area contributed by atoms with E-state index >= 15 is 0 Å². The van der Waals surface area contributed by atoms with E-state index in [1.807, 2.05) is 12.1 Å². The Hall–Kier alpha value is -1.81. The van der Waals surface area contributed by atoms with Crippen LogP contribution in [0.2, 0.25) is 0 Å². The number of rotatable bonds is 3. The summed E-state index contributed by atoms with van der Waals surface area (Å²) in [5, 5.41) is 7.29. The highest BCUT2D eigenvalue weighted by molar-refractivity contribution is 7.80. The standard InChI is InChI=1S/C16H18N2OS/c20-16(17-11-13-7-4-10-19-13)18-15-9-3-6-12-5-1-2-8-14(12)15/h1-2,4-5,7-8,10,15H,3,6,9,11H2,(H2,17,18,20)/t15-/m0/s1. The van der Waals surface area contributed by atoms with E-state index in [1.54, 1.807) is 6.26 Å². The van der Waals surface area contributed by atoms with Gasteiger partial charge in [-0.05, 0) is 54.7 Å². The molecule has 0 saturated heterocycles. The molecule has 0 radical (unpaired) electrons. The topological polar surface area (TPSA) is 37.2 Å². The highest BCUT2D eigenvalue weighted by atomic mass is 32.1. The number of fused-ring (bicyclic) bond motifs is 1. The Balaban J connectivity index is 1.59. The third kappa shape index (κ3) is 3.02. The van der Waals surface area contributed by atoms with Crippen LogP contribution >= 0.6 is 12.2 Å². The predicted molar refractivity (Wildman–Crippen MR) is 83.4 cm³/mol. The molecule has 2 aromatic rings. The van der Waals surface area contributed by atoms with E-state index in [1.165, 1.54) is 24.0 Å². The molecule has 1 aliphatic carbocycles. The molecule has 0 fully saturated rings. The summed E-state index contributed by atoms with van der Waals surface area (Å²) in [5.41, 5.74) is 2.81. The Morgan fingerprint density at radius 2 is 2.15 bits per heavy atom. The molecule has 1 atom stereocenters. The Morgan fingerprint density at radius 1 is 1.25 bits per heavy atom. The predicted octanol–water partition coefficient (Wildman–Crippen LogP) is 3.32. The number of furan rings is 1. The van der Waals surface area contributed by atoms with Gasteiger partial charge in [0.05, 0.1) is 18.8 Å². The molecule has 0 bridgehead atoms. The smallest absolute Gasteiger partial charge is 0.167 e. The third-order valence-electron chi connectivity index (χ3n) is 3.68. The van der Waals surface area contributed by atoms with Gasteiger partial charge in [0.1, 0.15) is 5.76 Å². The lowest BCUT2D eigenvalue weighted by Crippen LogP contribution is -2.38. The van der Waals surface area contributed by atoms with Crippen molar-refractivity contribution in [2.24, 2.45) is 0 Å². The molecule has 4 heteroatoms. The molecule has 2 N–H and O–H groups in total. The van der Waals surface area contributed by atoms with Crippen molar-refractivity contribution >= 4 is 17.3 Å². The van der Waals surface area contributed by atoms with Crippen molar-refractivity contribution in [1.82, 2.24) is 10.6 Å². The van der Waals surface area contributed by atoms with Crippen molar-refractivity contribution in [2.45, 2.75) is 31.8 Å². The quantitative estimate of drug-likeness (QED) is 0.849. The maximum Gasteiger partial charge on any atom is 0.167 e. The van der Waals surface area contributed by atoms with E-state index < -0.39 is 0 Å². The lowest BCUT2D eigenvalue weighted by molar-refractivity contribution is 0.495. The van der Waals surface area contributed by atoms with Crippen molar-refractivity contribution in [3.63, 3.8) is 0 Å². The lowest BCUT2D eigenvalue weighted by atomic mass is 9.88. The molecular formula is C16H18N2OS. The largest absolute Gasteiger partial charge is 0.467 e. The average Bonchev–Trinajstić information content (AvgIpc) is 2.99. The number of hydrogen-bond donors (Lipinski definition) is 2. The van der Waals surface area contributed by atoms with Gasteiger partial charge in [0.25, 0.3) is 0 Å². The molecule has 0 amide bonds. The van der Waals surface area contributed by atoms with E-state index in [2.05, 4.69) is 34.9 Å². The highest BCUT2D eigenvalue weighted by Crippen LogP contribution is 2.29. The van der Waals surface area contributed by atoms with Crippen LogP contribution in [0.4, 0.5) is 0 Å². The molecule has 1 heterocycles. The first-order valence-electron chi connectivity index (χ1n) is 6.97. The van der Waals surface area contributed by atoms with Crippen LogP contribution < -0.4 is 10.6 Å². The van der Waals surface area contributed by atoms with E-state index in [9.17, 15) is 0 Å². The summed E-state index contributed by atoms with van der Waals surface area (Å²) in [6.45, 7) is 0.618. The molecule has 1 aromatic heterocycles. The molecule has 20 heavy (non-hydrogen) atoms. The van der Waals surface area contributed by atoms with Crippen LogP contribution in [0.1, 0.15) is 35.8 Å². The minimum absolute atomic E-state index is 0.316. The van der Waals surface area contributed by atoms with Crippen molar-refractivity contribution < 1.29 is 4.42 Å². The molecule has 0 saturated carbocycles. The van der Waals surface area contributed by atoms with Gasteiger partial charge < -0.3 is 15.1 Å². The van der Waals surface area contributed by atoms with Gasteiger partial charge in [0.2, 0.25) is 0 Å². The van der Waals surface area contributed by atoms with Crippen molar-refractivity contribution in [2.75, 3.05) is 0 Å². The van der Waals surface area contributed by atoms with Crippen LogP contribution in [0.5, 0.6) is 0 Å². The maximum atomic E-state index is 5.37. The lowest BCUT2D eigenvalue weighted by Gasteiger charge is -2.27. The number of nitrogens with one attached hydrogen (secondary N) is 2. The van der Waals surface area contributed by atoms with E-state index in [0.717, 1.165) is 12.2 Å². The van der Waals surface area contributed by atoms with Crippen molar-refractivity contribution in [1.29, 1.82) is 0 Å². The zero-order chi connectivity index (χ0) is 13.8. The normalized spacial score (nSPS) is 17.3. The summed E-state index contributed by atoms with van der Waals surface area (Å²) in [4.78, 5) is 0. The van der Waals surface area contributed by atoms with Crippen molar-refractivity contribution in [3.8, 4) is 0 Å². The van der Waals surface area contributed by atoms with Crippen molar-refractivity contribution in [3.05, 3.63) is 59.5 Å². The first-order valence-corrected chi connectivity index (χ1v) is 7.38. The maximum absolute atomic E-state index is 5.37. The van der Waals surface area contributed by atoms with Gasteiger partial charge in [0, 0.05) is 0 Å². The molecule has 0 spiro atoms. The summed E-state index contributed by atoms with van der Waals surface area (Å²) < 4.78 is 5.28. The van der Waals surface area contributed by atoms with E-state index in [4.69, 9.17) is 16.6 Å². The van der Waals surface area contributed by atoms with Gasteiger partial charge in [-0.3, -0.25) is 0 Å². The van der Waals surface area contributed by atoms with Crippen LogP contribution in [-0.4, -0.2) is 5.11 Å². The first kappa shape index (κ1) is 13.2. The number of thiocarbonyl (C=S) groups is 1. The van der Waals surface area contributed by atoms with Gasteiger partial charge >= 0.3 is 0 Å². The van der Waals surface area contributed by atoms with Crippen LogP contribution in [0, 0.1) is 0 Å². The zero-order valence-corrected chi connectivity index (χ0v) is 12.1. The number of hydrogen-bond acceptors (Lipinski definition) is 2. The molecule has 0 unspecified atom stereocenters. The number of aryl methyl sites for hydroxylation is 1. The zero-order valence-electron chi connectivity index (χ0n) is 11.3. The Bertz CT molecular complexity index is 580. The van der Waals surface area contributed by atoms with Crippen LogP contribution in [0.25, 0.3) is 0 Å². The van der Waals surface area contributed by atoms with Crippen LogP contribution in [0.15, 0.2) is 47.1 Å². The molecule has 3 nitrogen and oxygen atoms in total. The fourth-order valence-electron chi connectivity index (χ4n) is 2.69. The Morgan fingerprint density at radius 3 is 3.00 bits per heavy atom. The molecular weight excluding hydrogens is 268 g/mol. The second-order valence-electron chi connectivity index (χ2n) is 5.05. The van der Waals surface area contributed by atoms with E-state index in [0.29, 0.717) is 17.7 Å². The summed E-state index contributed by atoms with van der Waals surface area (Å²) >= 11 is 5.37. The minimum atomic E-state index is 0.316. The highest BCUT2D eigenvalue weighted by Gasteiger charge is 2.20. The summed E-state index contributed by atoms with van der Waals surface area (Å²) in [6.07, 6.45) is 5.17. The Kier molecular flexibility index (Phi) is 4.02. The third-order valence-corrected chi connectivity index (χ3v) is 3.94. The molecule has 1 aromatic carbocycles. The van der Waals surface area contributed by atoms with Gasteiger partial charge in [-0.1, -0.05) is 24.3 Å². The number of benzene rings is 1. The molecule has 1 aliphatic rings. The fraction of sp³-hybridized carbons (Fsp3) is 0.312. The average molecular weight is 286 g/mol. The van der Waals surface area contributed by atoms with Gasteiger partial charge in [-0.15, -0.1) is 0 Å². The summed E-state index contributed by atoms with van der Waals surface area (Å²) in [6, 6.07) is 12.7. The Labute approximate surface area is 124 Å². The van der Waals surface area contributed by atoms with Gasteiger partial charge in [-0.2, -0.15) is 0 Å².